The van der Waals surface area contributed by atoms with Gasteiger partial charge in [-0.05, 0) is 60.2 Å². The van der Waals surface area contributed by atoms with E-state index in [1.165, 1.54) is 18.3 Å². The van der Waals surface area contributed by atoms with Crippen LogP contribution in [0, 0.1) is 0 Å². The number of carbonyl (C=O) groups excluding carboxylic acids is 2. The highest BCUT2D eigenvalue weighted by Gasteiger charge is 2.17. The van der Waals surface area contributed by atoms with Gasteiger partial charge in [0.1, 0.15) is 11.5 Å². The molecule has 4 aromatic rings. The third-order valence-electron chi connectivity index (χ3n) is 5.13. The van der Waals surface area contributed by atoms with Gasteiger partial charge in [-0.15, -0.1) is 0 Å². The molecule has 0 unspecified atom stereocenters. The molecule has 1 N–H and O–H groups in total. The molecule has 0 heterocycles. The van der Waals surface area contributed by atoms with E-state index in [0.717, 1.165) is 10.8 Å². The third kappa shape index (κ3) is 6.15. The van der Waals surface area contributed by atoms with Crippen LogP contribution in [-0.4, -0.2) is 24.2 Å². The average Bonchev–Trinajstić information content (AvgIpc) is 2.85. The Kier molecular flexibility index (Phi) is 8.10. The molecule has 0 bridgehead atoms. The SMILES string of the molecule is C[C@H](Oc1cccc(Cl)c1)C(=O)N/N=C\c1c(OC(=O)c2ccc(Cl)cc2Cl)ccc2ccccc12. The van der Waals surface area contributed by atoms with Crippen molar-refractivity contribution in [3.05, 3.63) is 105 Å². The van der Waals surface area contributed by atoms with Crippen molar-refractivity contribution in [1.29, 1.82) is 0 Å². The zero-order valence-corrected chi connectivity index (χ0v) is 21.1. The molecule has 0 fully saturated rings. The smallest absolute Gasteiger partial charge is 0.345 e. The number of benzene rings is 4. The number of amides is 1. The van der Waals surface area contributed by atoms with Crippen LogP contribution in [0.3, 0.4) is 0 Å². The molecule has 0 saturated carbocycles. The van der Waals surface area contributed by atoms with Crippen molar-refractivity contribution in [2.75, 3.05) is 0 Å². The van der Waals surface area contributed by atoms with E-state index in [1.807, 2.05) is 30.3 Å². The molecule has 0 aliphatic carbocycles. The van der Waals surface area contributed by atoms with Gasteiger partial charge >= 0.3 is 5.97 Å². The number of hydrazone groups is 1. The maximum absolute atomic E-state index is 12.8. The van der Waals surface area contributed by atoms with E-state index in [4.69, 9.17) is 44.3 Å². The van der Waals surface area contributed by atoms with Crippen molar-refractivity contribution in [2.45, 2.75) is 13.0 Å². The van der Waals surface area contributed by atoms with Crippen LogP contribution in [0.1, 0.15) is 22.8 Å². The lowest BCUT2D eigenvalue weighted by Crippen LogP contribution is -2.33. The van der Waals surface area contributed by atoms with Crippen molar-refractivity contribution in [3.63, 3.8) is 0 Å². The van der Waals surface area contributed by atoms with Gasteiger partial charge in [0.25, 0.3) is 5.91 Å². The third-order valence-corrected chi connectivity index (χ3v) is 5.91. The van der Waals surface area contributed by atoms with Crippen molar-refractivity contribution in [3.8, 4) is 11.5 Å². The minimum Gasteiger partial charge on any atom is -0.481 e. The molecule has 4 rings (SSSR count). The molecule has 4 aromatic carbocycles. The van der Waals surface area contributed by atoms with Crippen LogP contribution in [0.4, 0.5) is 0 Å². The minimum absolute atomic E-state index is 0.164. The fourth-order valence-electron chi connectivity index (χ4n) is 3.36. The van der Waals surface area contributed by atoms with Crippen LogP contribution >= 0.6 is 34.8 Å². The summed E-state index contributed by atoms with van der Waals surface area (Å²) in [7, 11) is 0. The predicted molar refractivity (Wildman–Crippen MR) is 143 cm³/mol. The molecular weight excluding hydrogens is 523 g/mol. The van der Waals surface area contributed by atoms with Crippen molar-refractivity contribution < 1.29 is 19.1 Å². The summed E-state index contributed by atoms with van der Waals surface area (Å²) in [5.74, 6) is -0.434. The maximum atomic E-state index is 12.8. The van der Waals surface area contributed by atoms with E-state index in [-0.39, 0.29) is 16.3 Å². The number of hydrogen-bond acceptors (Lipinski definition) is 5. The van der Waals surface area contributed by atoms with Crippen LogP contribution in [0.2, 0.25) is 15.1 Å². The van der Waals surface area contributed by atoms with Crippen LogP contribution in [0.5, 0.6) is 11.5 Å². The van der Waals surface area contributed by atoms with E-state index < -0.39 is 18.0 Å². The molecule has 1 atom stereocenters. The molecule has 0 aliphatic rings. The van der Waals surface area contributed by atoms with Crippen molar-refractivity contribution in [2.24, 2.45) is 5.10 Å². The largest absolute Gasteiger partial charge is 0.481 e. The number of hydrogen-bond donors (Lipinski definition) is 1. The van der Waals surface area contributed by atoms with E-state index >= 15 is 0 Å². The molecule has 0 spiro atoms. The number of nitrogens with one attached hydrogen (secondary N) is 1. The zero-order valence-electron chi connectivity index (χ0n) is 18.9. The monoisotopic (exact) mass is 540 g/mol. The van der Waals surface area contributed by atoms with Gasteiger partial charge in [-0.3, -0.25) is 4.79 Å². The fraction of sp³-hybridized carbons (Fsp3) is 0.0741. The first-order valence-electron chi connectivity index (χ1n) is 10.8. The van der Waals surface area contributed by atoms with Gasteiger partial charge in [-0.1, -0.05) is 71.2 Å². The molecular formula is C27H19Cl3N2O4. The van der Waals surface area contributed by atoms with Gasteiger partial charge in [0, 0.05) is 15.6 Å². The Hall–Kier alpha value is -3.58. The number of carbonyl (C=O) groups is 2. The summed E-state index contributed by atoms with van der Waals surface area (Å²) < 4.78 is 11.3. The second-order valence-corrected chi connectivity index (χ2v) is 8.94. The molecule has 0 aliphatic heterocycles. The van der Waals surface area contributed by atoms with Crippen molar-refractivity contribution >= 4 is 63.7 Å². The first kappa shape index (κ1) is 25.5. The Morgan fingerprint density at radius 3 is 2.47 bits per heavy atom. The molecule has 1 amide bonds. The second-order valence-electron chi connectivity index (χ2n) is 7.66. The van der Waals surface area contributed by atoms with Gasteiger partial charge in [-0.25, -0.2) is 10.2 Å². The lowest BCUT2D eigenvalue weighted by molar-refractivity contribution is -0.127. The zero-order chi connectivity index (χ0) is 25.7. The van der Waals surface area contributed by atoms with E-state index in [2.05, 4.69) is 10.5 Å². The predicted octanol–water partition coefficient (Wildman–Crippen LogP) is 6.94. The highest BCUT2D eigenvalue weighted by Crippen LogP contribution is 2.29. The first-order chi connectivity index (χ1) is 17.3. The van der Waals surface area contributed by atoms with E-state index in [1.54, 1.807) is 43.3 Å². The van der Waals surface area contributed by atoms with Gasteiger partial charge in [-0.2, -0.15) is 5.10 Å². The maximum Gasteiger partial charge on any atom is 0.345 e. The van der Waals surface area contributed by atoms with Crippen LogP contribution in [-0.2, 0) is 4.79 Å². The van der Waals surface area contributed by atoms with Gasteiger partial charge in [0.2, 0.25) is 0 Å². The summed E-state index contributed by atoms with van der Waals surface area (Å²) in [5, 5.41) is 6.81. The number of fused-ring (bicyclic) bond motifs is 1. The molecule has 9 heteroatoms. The highest BCUT2D eigenvalue weighted by molar-refractivity contribution is 6.36. The molecule has 0 saturated heterocycles. The number of esters is 1. The molecule has 182 valence electrons. The van der Waals surface area contributed by atoms with Gasteiger partial charge in [0.05, 0.1) is 16.8 Å². The Morgan fingerprint density at radius 2 is 1.69 bits per heavy atom. The van der Waals surface area contributed by atoms with Crippen LogP contribution in [0.25, 0.3) is 10.8 Å². The second kappa shape index (κ2) is 11.4. The number of ether oxygens (including phenoxy) is 2. The Balaban J connectivity index is 1.55. The summed E-state index contributed by atoms with van der Waals surface area (Å²) >= 11 is 18.0. The Labute approximate surface area is 222 Å². The van der Waals surface area contributed by atoms with E-state index in [0.29, 0.717) is 21.4 Å². The number of halogens is 3. The molecule has 6 nitrogen and oxygen atoms in total. The van der Waals surface area contributed by atoms with Crippen LogP contribution in [0.15, 0.2) is 84.0 Å². The number of nitrogens with zero attached hydrogens (tertiary/aromatic N) is 1. The molecule has 0 aromatic heterocycles. The molecule has 0 radical (unpaired) electrons. The van der Waals surface area contributed by atoms with Gasteiger partial charge < -0.3 is 9.47 Å². The Morgan fingerprint density at radius 1 is 0.917 bits per heavy atom. The average molecular weight is 542 g/mol. The van der Waals surface area contributed by atoms with Crippen LogP contribution < -0.4 is 14.9 Å². The summed E-state index contributed by atoms with van der Waals surface area (Å²) in [6.07, 6.45) is 0.579. The summed E-state index contributed by atoms with van der Waals surface area (Å²) in [6.45, 7) is 1.59. The lowest BCUT2D eigenvalue weighted by Gasteiger charge is -2.13. The topological polar surface area (TPSA) is 77.0 Å². The van der Waals surface area contributed by atoms with Crippen molar-refractivity contribution in [1.82, 2.24) is 5.43 Å². The van der Waals surface area contributed by atoms with Gasteiger partial charge in [0.15, 0.2) is 6.10 Å². The Bertz CT molecular complexity index is 1470. The lowest BCUT2D eigenvalue weighted by atomic mass is 10.0. The summed E-state index contributed by atoms with van der Waals surface area (Å²) in [6, 6.07) is 22.2. The standard InChI is InChI=1S/C27H19Cl3N2O4/c1-16(35-20-7-4-6-18(28)13-20)26(33)32-31-15-23-21-8-3-2-5-17(21)9-12-25(23)36-27(34)22-11-10-19(29)14-24(22)30/h2-16H,1H3,(H,32,33)/b31-15-/t16-/m0/s1. The summed E-state index contributed by atoms with van der Waals surface area (Å²) in [5.41, 5.74) is 3.11. The number of rotatable bonds is 7. The fourth-order valence-corrected chi connectivity index (χ4v) is 4.02. The first-order valence-corrected chi connectivity index (χ1v) is 11.9. The summed E-state index contributed by atoms with van der Waals surface area (Å²) in [4.78, 5) is 25.3. The minimum atomic E-state index is -0.836. The molecule has 36 heavy (non-hydrogen) atoms. The quantitative estimate of drug-likeness (QED) is 0.119. The highest BCUT2D eigenvalue weighted by atomic mass is 35.5. The normalized spacial score (nSPS) is 11.9. The van der Waals surface area contributed by atoms with E-state index in [9.17, 15) is 9.59 Å².